The molecule has 0 unspecified atom stereocenters. The van der Waals surface area contributed by atoms with Crippen LogP contribution in [0.2, 0.25) is 0 Å². The third kappa shape index (κ3) is 6.32. The highest BCUT2D eigenvalue weighted by molar-refractivity contribution is 5.82. The Kier molecular flexibility index (Phi) is 5.36. The van der Waals surface area contributed by atoms with Gasteiger partial charge in [-0.1, -0.05) is 37.1 Å². The van der Waals surface area contributed by atoms with Crippen LogP contribution in [0.1, 0.15) is 41.0 Å². The molecule has 0 fully saturated rings. The van der Waals surface area contributed by atoms with E-state index in [1.807, 2.05) is 46.8 Å². The maximum absolute atomic E-state index is 11.3. The molecule has 0 aliphatic heterocycles. The van der Waals surface area contributed by atoms with Gasteiger partial charge in [-0.05, 0) is 20.8 Å². The molecule has 0 aromatic rings. The number of ketones is 1. The van der Waals surface area contributed by atoms with Gasteiger partial charge in [-0.25, -0.2) is 0 Å². The molecule has 0 N–H and O–H groups in total. The summed E-state index contributed by atoms with van der Waals surface area (Å²) in [7, 11) is 0. The monoisotopic (exact) mass is 180 g/mol. The second-order valence-corrected chi connectivity index (χ2v) is 4.05. The average molecular weight is 180 g/mol. The van der Waals surface area contributed by atoms with E-state index in [4.69, 9.17) is 0 Å². The van der Waals surface area contributed by atoms with Gasteiger partial charge in [0, 0.05) is 12.3 Å². The number of rotatable bonds is 4. The summed E-state index contributed by atoms with van der Waals surface area (Å²) in [4.78, 5) is 11.3. The SMILES string of the molecule is CC(C)=CC=C(C)CC(=O)C(C)C. The van der Waals surface area contributed by atoms with Gasteiger partial charge in [0.25, 0.3) is 0 Å². The lowest BCUT2D eigenvalue weighted by Gasteiger charge is -2.03. The molecule has 13 heavy (non-hydrogen) atoms. The second-order valence-electron chi connectivity index (χ2n) is 4.05. The van der Waals surface area contributed by atoms with Crippen LogP contribution in [0, 0.1) is 5.92 Å². The van der Waals surface area contributed by atoms with Gasteiger partial charge in [0.2, 0.25) is 0 Å². The highest BCUT2D eigenvalue weighted by Crippen LogP contribution is 2.07. The first-order valence-electron chi connectivity index (χ1n) is 4.77. The fraction of sp³-hybridized carbons (Fsp3) is 0.583. The first-order chi connectivity index (χ1) is 5.93. The largest absolute Gasteiger partial charge is 0.299 e. The molecule has 0 radical (unpaired) electrons. The van der Waals surface area contributed by atoms with Gasteiger partial charge >= 0.3 is 0 Å². The van der Waals surface area contributed by atoms with Crippen LogP contribution in [0.3, 0.4) is 0 Å². The molecule has 0 heterocycles. The molecule has 0 aromatic heterocycles. The predicted molar refractivity (Wildman–Crippen MR) is 57.7 cm³/mol. The van der Waals surface area contributed by atoms with Gasteiger partial charge in [0.1, 0.15) is 5.78 Å². The molecule has 74 valence electrons. The summed E-state index contributed by atoms with van der Waals surface area (Å²) in [5.74, 6) is 0.464. The van der Waals surface area contributed by atoms with Crippen molar-refractivity contribution < 1.29 is 4.79 Å². The van der Waals surface area contributed by atoms with Gasteiger partial charge in [-0.2, -0.15) is 0 Å². The molecular formula is C12H20O. The van der Waals surface area contributed by atoms with E-state index in [-0.39, 0.29) is 5.92 Å². The molecule has 0 saturated carbocycles. The smallest absolute Gasteiger partial charge is 0.139 e. The van der Waals surface area contributed by atoms with Crippen LogP contribution in [0.15, 0.2) is 23.3 Å². The minimum absolute atomic E-state index is 0.148. The van der Waals surface area contributed by atoms with E-state index in [0.29, 0.717) is 12.2 Å². The highest BCUT2D eigenvalue weighted by atomic mass is 16.1. The average Bonchev–Trinajstić information content (AvgIpc) is 2.00. The molecule has 0 aliphatic carbocycles. The maximum atomic E-state index is 11.3. The first kappa shape index (κ1) is 12.2. The van der Waals surface area contributed by atoms with Crippen LogP contribution < -0.4 is 0 Å². The van der Waals surface area contributed by atoms with Crippen LogP contribution in [0.4, 0.5) is 0 Å². The summed E-state index contributed by atoms with van der Waals surface area (Å²) in [5, 5.41) is 0. The predicted octanol–water partition coefficient (Wildman–Crippen LogP) is 3.51. The zero-order chi connectivity index (χ0) is 10.4. The van der Waals surface area contributed by atoms with Crippen molar-refractivity contribution >= 4 is 5.78 Å². The quantitative estimate of drug-likeness (QED) is 0.605. The van der Waals surface area contributed by atoms with Gasteiger partial charge in [-0.3, -0.25) is 4.79 Å². The van der Waals surface area contributed by atoms with Crippen LogP contribution in [0.25, 0.3) is 0 Å². The lowest BCUT2D eigenvalue weighted by molar-refractivity contribution is -0.121. The van der Waals surface area contributed by atoms with Crippen LogP contribution >= 0.6 is 0 Å². The van der Waals surface area contributed by atoms with E-state index in [0.717, 1.165) is 5.57 Å². The van der Waals surface area contributed by atoms with Crippen LogP contribution in [0.5, 0.6) is 0 Å². The van der Waals surface area contributed by atoms with E-state index in [9.17, 15) is 4.79 Å². The van der Waals surface area contributed by atoms with Gasteiger partial charge < -0.3 is 0 Å². The number of carbonyl (C=O) groups is 1. The normalized spacial score (nSPS) is 11.7. The number of hydrogen-bond acceptors (Lipinski definition) is 1. The number of carbonyl (C=O) groups excluding carboxylic acids is 1. The molecule has 0 saturated heterocycles. The Labute approximate surface area is 81.5 Å². The molecular weight excluding hydrogens is 160 g/mol. The molecule has 0 aromatic carbocycles. The Morgan fingerprint density at radius 1 is 1.15 bits per heavy atom. The Balaban J connectivity index is 4.15. The van der Waals surface area contributed by atoms with Crippen molar-refractivity contribution in [2.24, 2.45) is 5.92 Å². The number of hydrogen-bond donors (Lipinski definition) is 0. The summed E-state index contributed by atoms with van der Waals surface area (Å²) >= 11 is 0. The Morgan fingerprint density at radius 2 is 1.69 bits per heavy atom. The second kappa shape index (κ2) is 5.74. The fourth-order valence-electron chi connectivity index (χ4n) is 0.847. The van der Waals surface area contributed by atoms with Crippen LogP contribution in [-0.2, 0) is 4.79 Å². The highest BCUT2D eigenvalue weighted by Gasteiger charge is 2.06. The molecule has 0 atom stereocenters. The van der Waals surface area contributed by atoms with E-state index in [1.54, 1.807) is 0 Å². The number of Topliss-reactive ketones (excluding diaryl/α,β-unsaturated/α-hetero) is 1. The molecule has 1 nitrogen and oxygen atoms in total. The Hall–Kier alpha value is -0.850. The van der Waals surface area contributed by atoms with Gasteiger partial charge in [0.05, 0.1) is 0 Å². The van der Waals surface area contributed by atoms with E-state index >= 15 is 0 Å². The standard InChI is InChI=1S/C12H20O/c1-9(2)6-7-11(5)8-12(13)10(3)4/h6-7,10H,8H2,1-5H3. The lowest BCUT2D eigenvalue weighted by atomic mass is 10.0. The topological polar surface area (TPSA) is 17.1 Å². The Morgan fingerprint density at radius 3 is 2.08 bits per heavy atom. The molecule has 0 bridgehead atoms. The van der Waals surface area contributed by atoms with Crippen molar-refractivity contribution in [1.29, 1.82) is 0 Å². The maximum Gasteiger partial charge on any atom is 0.139 e. The molecule has 0 aliphatic rings. The van der Waals surface area contributed by atoms with Crippen molar-refractivity contribution in [1.82, 2.24) is 0 Å². The van der Waals surface area contributed by atoms with Crippen molar-refractivity contribution in [3.63, 3.8) is 0 Å². The minimum Gasteiger partial charge on any atom is -0.299 e. The fourth-order valence-corrected chi connectivity index (χ4v) is 0.847. The van der Waals surface area contributed by atoms with Crippen LogP contribution in [-0.4, -0.2) is 5.78 Å². The van der Waals surface area contributed by atoms with Crippen molar-refractivity contribution in [2.75, 3.05) is 0 Å². The third-order valence-corrected chi connectivity index (χ3v) is 1.80. The van der Waals surface area contributed by atoms with E-state index in [1.165, 1.54) is 5.57 Å². The zero-order valence-electron chi connectivity index (χ0n) is 9.35. The third-order valence-electron chi connectivity index (χ3n) is 1.80. The van der Waals surface area contributed by atoms with Crippen molar-refractivity contribution in [2.45, 2.75) is 41.0 Å². The van der Waals surface area contributed by atoms with E-state index in [2.05, 4.69) is 0 Å². The first-order valence-corrected chi connectivity index (χ1v) is 4.77. The molecule has 0 spiro atoms. The van der Waals surface area contributed by atoms with Crippen molar-refractivity contribution in [3.8, 4) is 0 Å². The van der Waals surface area contributed by atoms with Crippen molar-refractivity contribution in [3.05, 3.63) is 23.3 Å². The summed E-state index contributed by atoms with van der Waals surface area (Å²) in [6.45, 7) is 9.98. The summed E-state index contributed by atoms with van der Waals surface area (Å²) < 4.78 is 0. The minimum atomic E-state index is 0.148. The molecule has 1 heteroatoms. The van der Waals surface area contributed by atoms with E-state index < -0.39 is 0 Å². The lowest BCUT2D eigenvalue weighted by Crippen LogP contribution is -2.06. The van der Waals surface area contributed by atoms with Gasteiger partial charge in [-0.15, -0.1) is 0 Å². The zero-order valence-corrected chi connectivity index (χ0v) is 9.35. The summed E-state index contributed by atoms with van der Waals surface area (Å²) in [6, 6.07) is 0. The molecule has 0 amide bonds. The number of allylic oxidation sites excluding steroid dienone is 4. The Bertz CT molecular complexity index is 228. The summed E-state index contributed by atoms with van der Waals surface area (Å²) in [5.41, 5.74) is 2.40. The molecule has 0 rings (SSSR count). The summed E-state index contributed by atoms with van der Waals surface area (Å²) in [6.07, 6.45) is 4.65. The van der Waals surface area contributed by atoms with Gasteiger partial charge in [0.15, 0.2) is 0 Å².